The number of rotatable bonds is 3. The van der Waals surface area contributed by atoms with Crippen LogP contribution in [0, 0.1) is 12.7 Å². The number of anilines is 1. The fourth-order valence-corrected chi connectivity index (χ4v) is 4.12. The number of halogens is 1. The van der Waals surface area contributed by atoms with Crippen LogP contribution in [-0.4, -0.2) is 17.1 Å². The molecule has 2 aromatic carbocycles. The van der Waals surface area contributed by atoms with E-state index in [1.165, 1.54) is 6.07 Å². The van der Waals surface area contributed by atoms with Crippen molar-refractivity contribution in [2.45, 2.75) is 32.8 Å². The third-order valence-electron chi connectivity index (χ3n) is 4.48. The molecule has 0 amide bonds. The Balaban J connectivity index is 1.63. The summed E-state index contributed by atoms with van der Waals surface area (Å²) in [5.41, 5.74) is 3.46. The van der Waals surface area contributed by atoms with Crippen LogP contribution in [0.3, 0.4) is 0 Å². The summed E-state index contributed by atoms with van der Waals surface area (Å²) in [6.07, 6.45) is 0.513. The molecule has 1 N–H and O–H groups in total. The summed E-state index contributed by atoms with van der Waals surface area (Å²) in [4.78, 5) is 5.91. The van der Waals surface area contributed by atoms with Crippen LogP contribution in [0.5, 0.6) is 5.75 Å². The Labute approximate surface area is 156 Å². The van der Waals surface area contributed by atoms with Crippen molar-refractivity contribution in [3.63, 3.8) is 0 Å². The minimum atomic E-state index is -0.210. The molecule has 3 aromatic rings. The van der Waals surface area contributed by atoms with E-state index in [1.807, 2.05) is 24.3 Å². The molecule has 0 saturated heterocycles. The first-order chi connectivity index (χ1) is 12.4. The smallest absolute Gasteiger partial charge is 0.143 e. The van der Waals surface area contributed by atoms with E-state index in [4.69, 9.17) is 9.72 Å². The van der Waals surface area contributed by atoms with Crippen LogP contribution in [0.2, 0.25) is 0 Å². The highest BCUT2D eigenvalue weighted by molar-refractivity contribution is 7.12. The topological polar surface area (TPSA) is 34.2 Å². The van der Waals surface area contributed by atoms with Gasteiger partial charge in [-0.2, -0.15) is 0 Å². The normalized spacial score (nSPS) is 15.1. The molecular weight excluding hydrogens is 347 g/mol. The zero-order valence-corrected chi connectivity index (χ0v) is 15.9. The number of hydrogen-bond acceptors (Lipinski definition) is 4. The summed E-state index contributed by atoms with van der Waals surface area (Å²) in [5.74, 6) is 0.684. The van der Waals surface area contributed by atoms with E-state index in [-0.39, 0.29) is 11.4 Å². The van der Waals surface area contributed by atoms with E-state index < -0.39 is 0 Å². The number of aryl methyl sites for hydroxylation is 1. The van der Waals surface area contributed by atoms with Crippen molar-refractivity contribution in [1.82, 2.24) is 4.98 Å². The van der Waals surface area contributed by atoms with E-state index in [0.29, 0.717) is 12.0 Å². The zero-order valence-electron chi connectivity index (χ0n) is 15.1. The fourth-order valence-electron chi connectivity index (χ4n) is 3.15. The lowest BCUT2D eigenvalue weighted by Gasteiger charge is -2.33. The summed E-state index contributed by atoms with van der Waals surface area (Å²) in [7, 11) is 0. The molecule has 0 bridgehead atoms. The molecule has 26 heavy (non-hydrogen) atoms. The molecule has 4 rings (SSSR count). The van der Waals surface area contributed by atoms with Gasteiger partial charge >= 0.3 is 0 Å². The Morgan fingerprint density at radius 1 is 1.23 bits per heavy atom. The Hall–Kier alpha value is -2.40. The lowest BCUT2D eigenvalue weighted by molar-refractivity contribution is 0.116. The Bertz CT molecular complexity index is 964. The first-order valence-electron chi connectivity index (χ1n) is 8.68. The standard InChI is InChI=1S/C21H21FN2OS/c1-13-20(24-19(26-13)11-14-6-4-5-7-16(14)22)15-8-9-18-17(10-15)23-12-21(2,3)25-18/h4-10,23H,11-12H2,1-3H3. The summed E-state index contributed by atoms with van der Waals surface area (Å²) in [6.45, 7) is 6.95. The maximum absolute atomic E-state index is 13.9. The van der Waals surface area contributed by atoms with Crippen molar-refractivity contribution in [2.24, 2.45) is 0 Å². The van der Waals surface area contributed by atoms with Gasteiger partial charge in [-0.25, -0.2) is 9.37 Å². The molecule has 3 nitrogen and oxygen atoms in total. The van der Waals surface area contributed by atoms with Gasteiger partial charge in [-0.3, -0.25) is 0 Å². The van der Waals surface area contributed by atoms with Crippen molar-refractivity contribution in [1.29, 1.82) is 0 Å². The van der Waals surface area contributed by atoms with Crippen LogP contribution in [0.15, 0.2) is 42.5 Å². The highest BCUT2D eigenvalue weighted by atomic mass is 32.1. The third-order valence-corrected chi connectivity index (χ3v) is 5.45. The summed E-state index contributed by atoms with van der Waals surface area (Å²) in [5, 5.41) is 4.36. The van der Waals surface area contributed by atoms with Gasteiger partial charge in [0.2, 0.25) is 0 Å². The van der Waals surface area contributed by atoms with Gasteiger partial charge in [0, 0.05) is 16.9 Å². The Morgan fingerprint density at radius 2 is 2.04 bits per heavy atom. The minimum absolute atomic E-state index is 0.181. The van der Waals surface area contributed by atoms with Gasteiger partial charge in [0.1, 0.15) is 17.2 Å². The van der Waals surface area contributed by atoms with Crippen LogP contribution >= 0.6 is 11.3 Å². The van der Waals surface area contributed by atoms with E-state index >= 15 is 0 Å². The molecule has 0 radical (unpaired) electrons. The highest BCUT2D eigenvalue weighted by Crippen LogP contribution is 2.37. The van der Waals surface area contributed by atoms with Gasteiger partial charge in [-0.1, -0.05) is 18.2 Å². The third kappa shape index (κ3) is 3.31. The second-order valence-electron chi connectivity index (χ2n) is 7.21. The molecule has 0 fully saturated rings. The average Bonchev–Trinajstić information content (AvgIpc) is 2.96. The molecule has 1 aliphatic rings. The largest absolute Gasteiger partial charge is 0.484 e. The number of hydrogen-bond donors (Lipinski definition) is 1. The number of ether oxygens (including phenoxy) is 1. The Kier molecular flexibility index (Phi) is 4.19. The lowest BCUT2D eigenvalue weighted by Crippen LogP contribution is -2.39. The maximum atomic E-state index is 13.9. The van der Waals surface area contributed by atoms with E-state index in [0.717, 1.165) is 39.1 Å². The average molecular weight is 368 g/mol. The molecule has 0 atom stereocenters. The Morgan fingerprint density at radius 3 is 2.85 bits per heavy atom. The molecule has 0 spiro atoms. The molecule has 0 saturated carbocycles. The van der Waals surface area contributed by atoms with E-state index in [2.05, 4.69) is 32.2 Å². The van der Waals surface area contributed by atoms with Gasteiger partial charge in [0.15, 0.2) is 0 Å². The van der Waals surface area contributed by atoms with Crippen molar-refractivity contribution in [2.75, 3.05) is 11.9 Å². The maximum Gasteiger partial charge on any atom is 0.143 e. The fraction of sp³-hybridized carbons (Fsp3) is 0.286. The van der Waals surface area contributed by atoms with Crippen molar-refractivity contribution >= 4 is 17.0 Å². The number of fused-ring (bicyclic) bond motifs is 1. The number of benzene rings is 2. The molecule has 0 aliphatic carbocycles. The van der Waals surface area contributed by atoms with E-state index in [1.54, 1.807) is 17.4 Å². The number of nitrogens with zero attached hydrogens (tertiary/aromatic N) is 1. The number of aromatic nitrogens is 1. The molecule has 1 aromatic heterocycles. The monoisotopic (exact) mass is 368 g/mol. The first-order valence-corrected chi connectivity index (χ1v) is 9.50. The minimum Gasteiger partial charge on any atom is -0.484 e. The summed E-state index contributed by atoms with van der Waals surface area (Å²) >= 11 is 1.62. The molecule has 1 aliphatic heterocycles. The predicted molar refractivity (Wildman–Crippen MR) is 105 cm³/mol. The van der Waals surface area contributed by atoms with Crippen molar-refractivity contribution < 1.29 is 9.13 Å². The van der Waals surface area contributed by atoms with E-state index in [9.17, 15) is 4.39 Å². The number of nitrogens with one attached hydrogen (secondary N) is 1. The number of thiazole rings is 1. The van der Waals surface area contributed by atoms with Crippen molar-refractivity contribution in [3.05, 3.63) is 63.7 Å². The van der Waals surface area contributed by atoms with Gasteiger partial charge < -0.3 is 10.1 Å². The second-order valence-corrected chi connectivity index (χ2v) is 8.49. The van der Waals surface area contributed by atoms with Crippen LogP contribution in [0.25, 0.3) is 11.3 Å². The summed E-state index contributed by atoms with van der Waals surface area (Å²) < 4.78 is 19.9. The molecule has 0 unspecified atom stereocenters. The SMILES string of the molecule is Cc1sc(Cc2ccccc2F)nc1-c1ccc2c(c1)NCC(C)(C)O2. The zero-order chi connectivity index (χ0) is 18.3. The summed E-state index contributed by atoms with van der Waals surface area (Å²) in [6, 6.07) is 13.0. The molecule has 134 valence electrons. The van der Waals surface area contributed by atoms with Crippen LogP contribution in [0.4, 0.5) is 10.1 Å². The predicted octanol–water partition coefficient (Wildman–Crippen LogP) is 5.43. The van der Waals surface area contributed by atoms with Crippen molar-refractivity contribution in [3.8, 4) is 17.0 Å². The van der Waals surface area contributed by atoms with Gasteiger partial charge in [0.25, 0.3) is 0 Å². The van der Waals surface area contributed by atoms with Crippen LogP contribution in [-0.2, 0) is 6.42 Å². The first kappa shape index (κ1) is 17.0. The van der Waals surface area contributed by atoms with Gasteiger partial charge in [-0.05, 0) is 50.6 Å². The molecule has 2 heterocycles. The molecular formula is C21H21FN2OS. The van der Waals surface area contributed by atoms with Gasteiger partial charge in [-0.15, -0.1) is 11.3 Å². The van der Waals surface area contributed by atoms with Gasteiger partial charge in [0.05, 0.1) is 22.9 Å². The van der Waals surface area contributed by atoms with Crippen LogP contribution in [0.1, 0.15) is 29.3 Å². The highest BCUT2D eigenvalue weighted by Gasteiger charge is 2.26. The second kappa shape index (κ2) is 6.40. The van der Waals surface area contributed by atoms with Crippen LogP contribution < -0.4 is 10.1 Å². The lowest BCUT2D eigenvalue weighted by atomic mass is 10.0. The molecule has 5 heteroatoms. The quantitative estimate of drug-likeness (QED) is 0.669.